The molecule has 0 saturated heterocycles. The Bertz CT molecular complexity index is 325. The Labute approximate surface area is 79.9 Å². The van der Waals surface area contributed by atoms with Crippen molar-refractivity contribution in [3.05, 3.63) is 28.0 Å². The van der Waals surface area contributed by atoms with Crippen LogP contribution < -0.4 is 4.73 Å². The summed E-state index contributed by atoms with van der Waals surface area (Å²) in [7, 11) is 0. The van der Waals surface area contributed by atoms with E-state index in [1.54, 1.807) is 6.20 Å². The predicted molar refractivity (Wildman–Crippen MR) is 48.1 cm³/mol. The molecule has 1 aliphatic carbocycles. The normalized spacial score (nSPS) is 21.0. The molecule has 0 bridgehead atoms. The lowest BCUT2D eigenvalue weighted by Crippen LogP contribution is -2.35. The molecule has 1 aromatic rings. The van der Waals surface area contributed by atoms with Crippen molar-refractivity contribution in [2.75, 3.05) is 0 Å². The number of halogens is 1. The quantitative estimate of drug-likeness (QED) is 0.531. The first-order valence-electron chi connectivity index (χ1n) is 4.09. The summed E-state index contributed by atoms with van der Waals surface area (Å²) in [6.45, 7) is 2.20. The molecule has 3 heteroatoms. The van der Waals surface area contributed by atoms with Gasteiger partial charge in [0.15, 0.2) is 0 Å². The first-order valence-corrected chi connectivity index (χ1v) is 4.88. The highest BCUT2D eigenvalue weighted by molar-refractivity contribution is 9.10. The van der Waals surface area contributed by atoms with Crippen LogP contribution in [0.1, 0.15) is 18.2 Å². The van der Waals surface area contributed by atoms with Gasteiger partial charge in [0.1, 0.15) is 0 Å². The van der Waals surface area contributed by atoms with E-state index in [4.69, 9.17) is 0 Å². The van der Waals surface area contributed by atoms with Crippen LogP contribution in [0.25, 0.3) is 0 Å². The lowest BCUT2D eigenvalue weighted by molar-refractivity contribution is -0.910. The van der Waals surface area contributed by atoms with Gasteiger partial charge in [-0.1, -0.05) is 6.92 Å². The number of hydrogen-bond acceptors (Lipinski definition) is 1. The summed E-state index contributed by atoms with van der Waals surface area (Å²) < 4.78 is 2.18. The van der Waals surface area contributed by atoms with E-state index in [9.17, 15) is 5.21 Å². The van der Waals surface area contributed by atoms with Crippen LogP contribution in [0.15, 0.2) is 16.7 Å². The van der Waals surface area contributed by atoms with Crippen molar-refractivity contribution >= 4 is 15.9 Å². The SMILES string of the molecule is CC1Cc2cc(Br)c[n+](O)c2C1. The van der Waals surface area contributed by atoms with Crippen molar-refractivity contribution in [1.29, 1.82) is 0 Å². The van der Waals surface area contributed by atoms with E-state index in [0.29, 0.717) is 5.92 Å². The third-order valence-corrected chi connectivity index (χ3v) is 2.75. The van der Waals surface area contributed by atoms with Crippen molar-refractivity contribution in [3.63, 3.8) is 0 Å². The molecule has 0 saturated carbocycles. The molecule has 64 valence electrons. The van der Waals surface area contributed by atoms with Gasteiger partial charge in [-0.2, -0.15) is 0 Å². The average Bonchev–Trinajstić information content (AvgIpc) is 2.29. The fourth-order valence-corrected chi connectivity index (χ4v) is 2.28. The number of pyridine rings is 1. The summed E-state index contributed by atoms with van der Waals surface area (Å²) in [4.78, 5) is 0. The molecule has 0 spiro atoms. The molecule has 2 nitrogen and oxygen atoms in total. The molecule has 2 rings (SSSR count). The van der Waals surface area contributed by atoms with Crippen molar-refractivity contribution in [2.45, 2.75) is 19.8 Å². The molecule has 1 N–H and O–H groups in total. The van der Waals surface area contributed by atoms with Crippen molar-refractivity contribution in [2.24, 2.45) is 5.92 Å². The zero-order valence-corrected chi connectivity index (χ0v) is 8.50. The van der Waals surface area contributed by atoms with Gasteiger partial charge < -0.3 is 0 Å². The second kappa shape index (κ2) is 2.73. The van der Waals surface area contributed by atoms with Crippen LogP contribution in [0.3, 0.4) is 0 Å². The average molecular weight is 229 g/mol. The smallest absolute Gasteiger partial charge is 0.237 e. The predicted octanol–water partition coefficient (Wildman–Crippen LogP) is 1.71. The molecule has 1 heterocycles. The maximum atomic E-state index is 9.52. The van der Waals surface area contributed by atoms with Crippen LogP contribution in [-0.4, -0.2) is 5.21 Å². The Morgan fingerprint density at radius 3 is 3.08 bits per heavy atom. The highest BCUT2D eigenvalue weighted by atomic mass is 79.9. The van der Waals surface area contributed by atoms with Gasteiger partial charge in [-0.05, 0) is 34.3 Å². The molecule has 1 aliphatic rings. The molecule has 0 amide bonds. The Kier molecular flexibility index (Phi) is 1.83. The van der Waals surface area contributed by atoms with E-state index in [2.05, 4.69) is 28.9 Å². The van der Waals surface area contributed by atoms with Gasteiger partial charge in [0.05, 0.1) is 4.47 Å². The van der Waals surface area contributed by atoms with Gasteiger partial charge >= 0.3 is 0 Å². The Morgan fingerprint density at radius 1 is 1.58 bits per heavy atom. The summed E-state index contributed by atoms with van der Waals surface area (Å²) >= 11 is 3.35. The highest BCUT2D eigenvalue weighted by Crippen LogP contribution is 2.25. The number of hydrogen-bond donors (Lipinski definition) is 1. The largest absolute Gasteiger partial charge is 0.285 e. The van der Waals surface area contributed by atoms with E-state index in [1.807, 2.05) is 0 Å². The standard InChI is InChI=1S/C9H11BrNO/c1-6-2-7-4-8(10)5-11(12)9(7)3-6/h4-6,12H,2-3H2,1H3/q+1. The van der Waals surface area contributed by atoms with Crippen molar-refractivity contribution in [3.8, 4) is 0 Å². The molecule has 0 aromatic carbocycles. The van der Waals surface area contributed by atoms with Crippen molar-refractivity contribution in [1.82, 2.24) is 0 Å². The van der Waals surface area contributed by atoms with E-state index in [-0.39, 0.29) is 0 Å². The van der Waals surface area contributed by atoms with E-state index < -0.39 is 0 Å². The van der Waals surface area contributed by atoms with E-state index in [0.717, 1.165) is 23.0 Å². The summed E-state index contributed by atoms with van der Waals surface area (Å²) in [6.07, 6.45) is 3.76. The van der Waals surface area contributed by atoms with E-state index >= 15 is 0 Å². The zero-order chi connectivity index (χ0) is 8.72. The number of aromatic nitrogens is 1. The Balaban J connectivity index is 2.52. The molecule has 1 unspecified atom stereocenters. The van der Waals surface area contributed by atoms with Crippen molar-refractivity contribution < 1.29 is 9.94 Å². The number of nitrogens with zero attached hydrogens (tertiary/aromatic N) is 1. The van der Waals surface area contributed by atoms with Crippen LogP contribution >= 0.6 is 15.9 Å². The highest BCUT2D eigenvalue weighted by Gasteiger charge is 2.27. The van der Waals surface area contributed by atoms with Crippen LogP contribution in [0.5, 0.6) is 0 Å². The fourth-order valence-electron chi connectivity index (χ4n) is 1.81. The molecule has 1 aromatic heterocycles. The van der Waals surface area contributed by atoms with Crippen LogP contribution in [-0.2, 0) is 12.8 Å². The van der Waals surface area contributed by atoms with E-state index in [1.165, 1.54) is 10.3 Å². The van der Waals surface area contributed by atoms with Gasteiger partial charge in [-0.15, -0.1) is 0 Å². The maximum absolute atomic E-state index is 9.52. The maximum Gasteiger partial charge on any atom is 0.237 e. The Hall–Kier alpha value is -0.570. The summed E-state index contributed by atoms with van der Waals surface area (Å²) in [5, 5.41) is 9.52. The van der Waals surface area contributed by atoms with Gasteiger partial charge in [0, 0.05) is 16.7 Å². The molecular formula is C9H11BrNO+. The van der Waals surface area contributed by atoms with Gasteiger partial charge in [0.2, 0.25) is 11.9 Å². The minimum absolute atomic E-state index is 0.660. The third kappa shape index (κ3) is 1.22. The summed E-state index contributed by atoms with van der Waals surface area (Å²) in [5.74, 6) is 0.660. The minimum atomic E-state index is 0.660. The Morgan fingerprint density at radius 2 is 2.33 bits per heavy atom. The number of rotatable bonds is 0. The first kappa shape index (κ1) is 8.05. The molecule has 12 heavy (non-hydrogen) atoms. The van der Waals surface area contributed by atoms with Crippen LogP contribution in [0, 0.1) is 5.92 Å². The first-order chi connectivity index (χ1) is 5.66. The van der Waals surface area contributed by atoms with Gasteiger partial charge in [0.25, 0.3) is 0 Å². The van der Waals surface area contributed by atoms with Gasteiger partial charge in [-0.3, -0.25) is 5.21 Å². The topological polar surface area (TPSA) is 24.1 Å². The number of fused-ring (bicyclic) bond motifs is 1. The minimum Gasteiger partial charge on any atom is -0.285 e. The summed E-state index contributed by atoms with van der Waals surface area (Å²) in [6, 6.07) is 2.09. The monoisotopic (exact) mass is 228 g/mol. The lowest BCUT2D eigenvalue weighted by atomic mass is 10.1. The van der Waals surface area contributed by atoms with Crippen LogP contribution in [0.2, 0.25) is 0 Å². The van der Waals surface area contributed by atoms with Gasteiger partial charge in [-0.25, -0.2) is 0 Å². The lowest BCUT2D eigenvalue weighted by Gasteiger charge is -1.93. The second-order valence-corrected chi connectivity index (χ2v) is 4.40. The molecule has 1 atom stereocenters. The second-order valence-electron chi connectivity index (χ2n) is 3.49. The molecule has 0 fully saturated rings. The molecule has 0 radical (unpaired) electrons. The zero-order valence-electron chi connectivity index (χ0n) is 6.92. The molecular weight excluding hydrogens is 218 g/mol. The molecule has 0 aliphatic heterocycles. The van der Waals surface area contributed by atoms with Crippen LogP contribution in [0.4, 0.5) is 0 Å². The summed E-state index contributed by atoms with van der Waals surface area (Å²) in [5.41, 5.74) is 2.32. The third-order valence-electron chi connectivity index (χ3n) is 2.32. The fraction of sp³-hybridized carbons (Fsp3) is 0.444.